The van der Waals surface area contributed by atoms with Crippen molar-refractivity contribution in [1.82, 2.24) is 9.29 Å². The maximum absolute atomic E-state index is 13.0. The topological polar surface area (TPSA) is 59.5 Å². The van der Waals surface area contributed by atoms with E-state index in [1.54, 1.807) is 34.0 Å². The Morgan fingerprint density at radius 3 is 2.74 bits per heavy atom. The van der Waals surface area contributed by atoms with Gasteiger partial charge in [-0.2, -0.15) is 4.31 Å². The van der Waals surface area contributed by atoms with Gasteiger partial charge in [-0.1, -0.05) is 6.07 Å². The molecule has 1 fully saturated rings. The van der Waals surface area contributed by atoms with E-state index in [1.165, 1.54) is 11.1 Å². The van der Waals surface area contributed by atoms with Gasteiger partial charge in [-0.25, -0.2) is 8.42 Å². The summed E-state index contributed by atoms with van der Waals surface area (Å²) in [5.74, 6) is 0. The van der Waals surface area contributed by atoms with E-state index in [0.717, 1.165) is 19.3 Å². The minimum atomic E-state index is -3.53. The quantitative estimate of drug-likeness (QED) is 0.802. The van der Waals surface area contributed by atoms with Crippen LogP contribution in [0.1, 0.15) is 17.7 Å². The van der Waals surface area contributed by atoms with Crippen molar-refractivity contribution in [2.75, 3.05) is 19.8 Å². The third kappa shape index (κ3) is 3.98. The van der Waals surface area contributed by atoms with Crippen molar-refractivity contribution in [3.8, 4) is 0 Å². The first-order valence-electron chi connectivity index (χ1n) is 7.70. The fraction of sp³-hybridized carbons (Fsp3) is 0.438. The molecule has 0 amide bonds. The molecule has 0 radical (unpaired) electrons. The van der Waals surface area contributed by atoms with Crippen molar-refractivity contribution in [2.45, 2.75) is 30.2 Å². The van der Waals surface area contributed by atoms with Crippen molar-refractivity contribution < 1.29 is 13.2 Å². The first-order chi connectivity index (χ1) is 11.2. The van der Waals surface area contributed by atoms with E-state index >= 15 is 0 Å². The smallest absolute Gasteiger partial charge is 0.244 e. The summed E-state index contributed by atoms with van der Waals surface area (Å²) in [5.41, 5.74) is 0. The standard InChI is InChI=1S/C16H20N2O3S2/c19-23(20,16-4-1-8-17-13-16)18(14-6-10-21-11-7-14)9-5-15-3-2-12-22-15/h1-4,8,12-14H,5-7,9-11H2. The van der Waals surface area contributed by atoms with Crippen LogP contribution >= 0.6 is 11.3 Å². The number of nitrogens with zero attached hydrogens (tertiary/aromatic N) is 2. The predicted octanol–water partition coefficient (Wildman–Crippen LogP) is 2.56. The molecule has 0 unspecified atom stereocenters. The average Bonchev–Trinajstić information content (AvgIpc) is 3.10. The lowest BCUT2D eigenvalue weighted by Gasteiger charge is -2.33. The summed E-state index contributed by atoms with van der Waals surface area (Å²) >= 11 is 1.66. The van der Waals surface area contributed by atoms with Gasteiger partial charge in [0.05, 0.1) is 0 Å². The maximum Gasteiger partial charge on any atom is 0.244 e. The van der Waals surface area contributed by atoms with Crippen molar-refractivity contribution in [3.05, 3.63) is 46.9 Å². The molecule has 1 aliphatic rings. The molecule has 1 saturated heterocycles. The predicted molar refractivity (Wildman–Crippen MR) is 90.0 cm³/mol. The van der Waals surface area contributed by atoms with Gasteiger partial charge < -0.3 is 4.74 Å². The molecule has 0 atom stereocenters. The van der Waals surface area contributed by atoms with E-state index in [9.17, 15) is 8.42 Å². The lowest BCUT2D eigenvalue weighted by molar-refractivity contribution is 0.0587. The first-order valence-corrected chi connectivity index (χ1v) is 10.0. The summed E-state index contributed by atoms with van der Waals surface area (Å²) in [4.78, 5) is 5.42. The molecule has 3 rings (SSSR count). The Morgan fingerprint density at radius 2 is 2.09 bits per heavy atom. The monoisotopic (exact) mass is 352 g/mol. The Balaban J connectivity index is 1.84. The van der Waals surface area contributed by atoms with Crippen LogP contribution in [-0.2, 0) is 21.2 Å². The average molecular weight is 352 g/mol. The number of hydrogen-bond acceptors (Lipinski definition) is 5. The highest BCUT2D eigenvalue weighted by Gasteiger charge is 2.32. The van der Waals surface area contributed by atoms with Gasteiger partial charge in [-0.05, 0) is 42.8 Å². The van der Waals surface area contributed by atoms with Crippen molar-refractivity contribution >= 4 is 21.4 Å². The Hall–Kier alpha value is -1.28. The number of ether oxygens (including phenoxy) is 1. The van der Waals surface area contributed by atoms with Gasteiger partial charge in [0.2, 0.25) is 10.0 Å². The molecule has 7 heteroatoms. The molecule has 0 spiro atoms. The van der Waals surface area contributed by atoms with Crippen LogP contribution in [0.15, 0.2) is 46.9 Å². The number of thiophene rings is 1. The van der Waals surface area contributed by atoms with E-state index in [-0.39, 0.29) is 10.9 Å². The zero-order valence-electron chi connectivity index (χ0n) is 12.8. The number of aromatic nitrogens is 1. The van der Waals surface area contributed by atoms with Gasteiger partial charge in [0.1, 0.15) is 4.90 Å². The first kappa shape index (κ1) is 16.6. The van der Waals surface area contributed by atoms with Crippen LogP contribution in [0, 0.1) is 0 Å². The molecule has 1 aliphatic heterocycles. The molecule has 0 bridgehead atoms. The second-order valence-corrected chi connectivity index (χ2v) is 8.40. The van der Waals surface area contributed by atoms with Gasteiger partial charge in [0, 0.05) is 43.1 Å². The third-order valence-electron chi connectivity index (χ3n) is 4.00. The molecule has 2 aromatic rings. The molecule has 3 heterocycles. The fourth-order valence-electron chi connectivity index (χ4n) is 2.78. The second-order valence-electron chi connectivity index (χ2n) is 5.48. The van der Waals surface area contributed by atoms with Crippen LogP contribution in [0.2, 0.25) is 0 Å². The number of rotatable bonds is 6. The molecule has 2 aromatic heterocycles. The molecule has 0 aliphatic carbocycles. The minimum Gasteiger partial charge on any atom is -0.381 e. The van der Waals surface area contributed by atoms with Gasteiger partial charge in [0.15, 0.2) is 0 Å². The minimum absolute atomic E-state index is 0.00563. The molecule has 5 nitrogen and oxygen atoms in total. The van der Waals surface area contributed by atoms with E-state index in [2.05, 4.69) is 4.98 Å². The normalized spacial score (nSPS) is 16.7. The Kier molecular flexibility index (Phi) is 5.42. The van der Waals surface area contributed by atoms with Gasteiger partial charge in [0.25, 0.3) is 0 Å². The number of sulfonamides is 1. The Morgan fingerprint density at radius 1 is 1.26 bits per heavy atom. The molecular weight excluding hydrogens is 332 g/mol. The van der Waals surface area contributed by atoms with E-state index in [1.807, 2.05) is 17.5 Å². The molecule has 124 valence electrons. The van der Waals surface area contributed by atoms with E-state index in [0.29, 0.717) is 19.8 Å². The fourth-order valence-corrected chi connectivity index (χ4v) is 5.13. The lowest BCUT2D eigenvalue weighted by atomic mass is 10.1. The zero-order chi connectivity index (χ0) is 16.1. The molecule has 0 N–H and O–H groups in total. The summed E-state index contributed by atoms with van der Waals surface area (Å²) in [6.45, 7) is 1.72. The van der Waals surface area contributed by atoms with Crippen LogP contribution in [0.3, 0.4) is 0 Å². The highest BCUT2D eigenvalue weighted by atomic mass is 32.2. The van der Waals surface area contributed by atoms with Crippen molar-refractivity contribution in [3.63, 3.8) is 0 Å². The molecule has 0 saturated carbocycles. The molecular formula is C16H20N2O3S2. The molecule has 0 aromatic carbocycles. The number of pyridine rings is 1. The van der Waals surface area contributed by atoms with E-state index in [4.69, 9.17) is 4.74 Å². The largest absolute Gasteiger partial charge is 0.381 e. The zero-order valence-corrected chi connectivity index (χ0v) is 14.4. The Labute approximate surface area is 141 Å². The van der Waals surface area contributed by atoms with Crippen LogP contribution in [0.4, 0.5) is 0 Å². The summed E-state index contributed by atoms with van der Waals surface area (Å²) in [6.07, 6.45) is 5.22. The van der Waals surface area contributed by atoms with Gasteiger partial charge in [-0.15, -0.1) is 11.3 Å². The van der Waals surface area contributed by atoms with Gasteiger partial charge in [-0.3, -0.25) is 4.98 Å². The third-order valence-corrected chi connectivity index (χ3v) is 6.87. The van der Waals surface area contributed by atoms with Crippen LogP contribution < -0.4 is 0 Å². The van der Waals surface area contributed by atoms with E-state index < -0.39 is 10.0 Å². The second kappa shape index (κ2) is 7.53. The summed E-state index contributed by atoms with van der Waals surface area (Å²) < 4.78 is 33.1. The molecule has 23 heavy (non-hydrogen) atoms. The highest BCUT2D eigenvalue weighted by molar-refractivity contribution is 7.89. The maximum atomic E-state index is 13.0. The SMILES string of the molecule is O=S(=O)(c1cccnc1)N(CCc1cccs1)C1CCOCC1. The van der Waals surface area contributed by atoms with Crippen molar-refractivity contribution in [2.24, 2.45) is 0 Å². The van der Waals surface area contributed by atoms with Crippen LogP contribution in [0.5, 0.6) is 0 Å². The van der Waals surface area contributed by atoms with Crippen LogP contribution in [0.25, 0.3) is 0 Å². The highest BCUT2D eigenvalue weighted by Crippen LogP contribution is 2.24. The Bertz CT molecular complexity index is 696. The van der Waals surface area contributed by atoms with Crippen LogP contribution in [-0.4, -0.2) is 43.5 Å². The van der Waals surface area contributed by atoms with Crippen molar-refractivity contribution in [1.29, 1.82) is 0 Å². The lowest BCUT2D eigenvalue weighted by Crippen LogP contribution is -2.44. The van der Waals surface area contributed by atoms with Gasteiger partial charge >= 0.3 is 0 Å². The summed E-state index contributed by atoms with van der Waals surface area (Å²) in [7, 11) is -3.53. The summed E-state index contributed by atoms with van der Waals surface area (Å²) in [5, 5.41) is 2.02. The number of hydrogen-bond donors (Lipinski definition) is 0. The summed E-state index contributed by atoms with van der Waals surface area (Å²) in [6, 6.07) is 7.31.